The number of phosphoric acid groups is 1. The Hall–Kier alpha value is -2.03. The fourth-order valence-corrected chi connectivity index (χ4v) is 9.98. The van der Waals surface area contributed by atoms with Crippen LogP contribution in [0.2, 0.25) is 0 Å². The SMILES string of the molecule is CCCC/C=C\CCCCCCCC(=O)NC(COP(=O)(O)OCC[N+](C)(C)C)C(/C=C\CCCCCCCCCCCCC)OC(=O)CCCCCCCCCCCCCCCCC/C=C\C/C=C\CCCCC. The zero-order valence-corrected chi connectivity index (χ0v) is 51.2. The molecule has 0 spiro atoms. The molecular formula is C65H124N2O7P+. The van der Waals surface area contributed by atoms with Gasteiger partial charge in [-0.15, -0.1) is 0 Å². The van der Waals surface area contributed by atoms with Gasteiger partial charge in [-0.05, 0) is 83.1 Å². The normalized spacial score (nSPS) is 14.0. The first-order chi connectivity index (χ1) is 36.4. The molecular weight excluding hydrogens is 952 g/mol. The van der Waals surface area contributed by atoms with Gasteiger partial charge in [0.15, 0.2) is 0 Å². The van der Waals surface area contributed by atoms with Crippen molar-refractivity contribution in [2.45, 2.75) is 315 Å². The number of carbonyl (C=O) groups is 2. The van der Waals surface area contributed by atoms with E-state index in [1.165, 1.54) is 180 Å². The molecule has 0 aromatic rings. The van der Waals surface area contributed by atoms with E-state index in [-0.39, 0.29) is 25.1 Å². The topological polar surface area (TPSA) is 111 Å². The molecule has 10 heteroatoms. The lowest BCUT2D eigenvalue weighted by molar-refractivity contribution is -0.870. The second kappa shape index (κ2) is 55.3. The highest BCUT2D eigenvalue weighted by Gasteiger charge is 2.30. The monoisotopic (exact) mass is 1080 g/mol. The lowest BCUT2D eigenvalue weighted by atomic mass is 10.0. The zero-order valence-electron chi connectivity index (χ0n) is 50.3. The van der Waals surface area contributed by atoms with Gasteiger partial charge in [-0.25, -0.2) is 4.57 Å². The van der Waals surface area contributed by atoms with E-state index in [9.17, 15) is 19.0 Å². The highest BCUT2D eigenvalue weighted by atomic mass is 31.2. The number of esters is 1. The molecule has 0 aliphatic rings. The van der Waals surface area contributed by atoms with Gasteiger partial charge in [0.1, 0.15) is 19.3 Å². The lowest BCUT2D eigenvalue weighted by Crippen LogP contribution is -2.47. The van der Waals surface area contributed by atoms with E-state index in [1.807, 2.05) is 33.3 Å². The second-order valence-corrected chi connectivity index (χ2v) is 24.4. The number of phosphoric ester groups is 1. The number of quaternary nitrogens is 1. The predicted molar refractivity (Wildman–Crippen MR) is 323 cm³/mol. The summed E-state index contributed by atoms with van der Waals surface area (Å²) in [6, 6.07) is -0.850. The highest BCUT2D eigenvalue weighted by Crippen LogP contribution is 2.43. The Morgan fingerprint density at radius 1 is 0.467 bits per heavy atom. The molecule has 3 atom stereocenters. The molecule has 0 rings (SSSR count). The first-order valence-electron chi connectivity index (χ1n) is 32.0. The van der Waals surface area contributed by atoms with Gasteiger partial charge in [-0.3, -0.25) is 18.6 Å². The number of allylic oxidation sites excluding steroid dienone is 7. The average Bonchev–Trinajstić information content (AvgIpc) is 3.37. The van der Waals surface area contributed by atoms with E-state index in [2.05, 4.69) is 62.5 Å². The minimum Gasteiger partial charge on any atom is -0.456 e. The predicted octanol–water partition coefficient (Wildman–Crippen LogP) is 19.7. The summed E-state index contributed by atoms with van der Waals surface area (Å²) in [6.07, 6.45) is 68.3. The van der Waals surface area contributed by atoms with Crippen molar-refractivity contribution in [2.75, 3.05) is 40.9 Å². The quantitative estimate of drug-likeness (QED) is 0.0205. The molecule has 2 N–H and O–H groups in total. The Bertz CT molecular complexity index is 1420. The first-order valence-corrected chi connectivity index (χ1v) is 33.5. The van der Waals surface area contributed by atoms with Gasteiger partial charge in [0.05, 0.1) is 33.8 Å². The Labute approximate surface area is 465 Å². The summed E-state index contributed by atoms with van der Waals surface area (Å²) in [5.41, 5.74) is 0. The second-order valence-electron chi connectivity index (χ2n) is 22.9. The van der Waals surface area contributed by atoms with Gasteiger partial charge in [0.25, 0.3) is 0 Å². The van der Waals surface area contributed by atoms with Crippen LogP contribution in [0.1, 0.15) is 303 Å². The number of hydrogen-bond acceptors (Lipinski definition) is 6. The van der Waals surface area contributed by atoms with Gasteiger partial charge in [0.2, 0.25) is 5.91 Å². The van der Waals surface area contributed by atoms with E-state index >= 15 is 0 Å². The summed E-state index contributed by atoms with van der Waals surface area (Å²) in [7, 11) is 1.50. The van der Waals surface area contributed by atoms with E-state index in [0.717, 1.165) is 89.9 Å². The van der Waals surface area contributed by atoms with Gasteiger partial charge in [0, 0.05) is 12.8 Å². The molecule has 9 nitrogen and oxygen atoms in total. The smallest absolute Gasteiger partial charge is 0.456 e. The average molecular weight is 1080 g/mol. The van der Waals surface area contributed by atoms with Crippen molar-refractivity contribution in [2.24, 2.45) is 0 Å². The van der Waals surface area contributed by atoms with Crippen molar-refractivity contribution >= 4 is 19.7 Å². The van der Waals surface area contributed by atoms with Crippen LogP contribution in [0.5, 0.6) is 0 Å². The third-order valence-electron chi connectivity index (χ3n) is 14.2. The molecule has 0 saturated heterocycles. The van der Waals surface area contributed by atoms with Crippen LogP contribution in [-0.4, -0.2) is 74.3 Å². The largest absolute Gasteiger partial charge is 0.472 e. The summed E-state index contributed by atoms with van der Waals surface area (Å²) in [5, 5.41) is 3.05. The van der Waals surface area contributed by atoms with Crippen LogP contribution in [0.25, 0.3) is 0 Å². The van der Waals surface area contributed by atoms with Crippen molar-refractivity contribution < 1.29 is 37.3 Å². The lowest BCUT2D eigenvalue weighted by Gasteiger charge is -2.27. The maximum atomic E-state index is 13.5. The van der Waals surface area contributed by atoms with Crippen molar-refractivity contribution in [1.82, 2.24) is 5.32 Å². The van der Waals surface area contributed by atoms with Crippen molar-refractivity contribution in [3.63, 3.8) is 0 Å². The summed E-state index contributed by atoms with van der Waals surface area (Å²) >= 11 is 0. The van der Waals surface area contributed by atoms with Crippen molar-refractivity contribution in [1.29, 1.82) is 0 Å². The molecule has 0 bridgehead atoms. The van der Waals surface area contributed by atoms with Crippen LogP contribution in [0, 0.1) is 0 Å². The molecule has 3 unspecified atom stereocenters. The molecule has 0 aromatic heterocycles. The molecule has 1 amide bonds. The van der Waals surface area contributed by atoms with Gasteiger partial charge in [-0.1, -0.05) is 256 Å². The number of amides is 1. The van der Waals surface area contributed by atoms with Crippen LogP contribution in [0.15, 0.2) is 48.6 Å². The number of hydrogen-bond donors (Lipinski definition) is 2. The third-order valence-corrected chi connectivity index (χ3v) is 15.2. The van der Waals surface area contributed by atoms with Crippen LogP contribution in [-0.2, 0) is 27.9 Å². The summed E-state index contributed by atoms with van der Waals surface area (Å²) in [6.45, 7) is 6.97. The maximum absolute atomic E-state index is 13.5. The molecule has 0 saturated carbocycles. The van der Waals surface area contributed by atoms with Crippen molar-refractivity contribution in [3.8, 4) is 0 Å². The van der Waals surface area contributed by atoms with Gasteiger partial charge in [-0.2, -0.15) is 0 Å². The number of carbonyl (C=O) groups excluding carboxylic acids is 2. The van der Waals surface area contributed by atoms with Gasteiger partial charge < -0.3 is 19.4 Å². The molecule has 0 aromatic carbocycles. The molecule has 0 fully saturated rings. The van der Waals surface area contributed by atoms with Crippen LogP contribution >= 0.6 is 7.82 Å². The Balaban J connectivity index is 5.06. The molecule has 0 aliphatic heterocycles. The Morgan fingerprint density at radius 3 is 1.28 bits per heavy atom. The fourth-order valence-electron chi connectivity index (χ4n) is 9.25. The number of likely N-dealkylation sites (N-methyl/N-ethyl adjacent to an activating group) is 1. The van der Waals surface area contributed by atoms with Crippen molar-refractivity contribution in [3.05, 3.63) is 48.6 Å². The van der Waals surface area contributed by atoms with E-state index < -0.39 is 20.0 Å². The molecule has 0 radical (unpaired) electrons. The van der Waals surface area contributed by atoms with Crippen LogP contribution < -0.4 is 5.32 Å². The van der Waals surface area contributed by atoms with Crippen LogP contribution in [0.4, 0.5) is 0 Å². The fraction of sp³-hybridized carbons (Fsp3) is 0.846. The Kier molecular flexibility index (Phi) is 53.8. The molecule has 0 aliphatic carbocycles. The maximum Gasteiger partial charge on any atom is 0.472 e. The number of nitrogens with one attached hydrogen (secondary N) is 1. The Morgan fingerprint density at radius 2 is 0.827 bits per heavy atom. The number of rotatable bonds is 58. The van der Waals surface area contributed by atoms with E-state index in [0.29, 0.717) is 23.9 Å². The van der Waals surface area contributed by atoms with Gasteiger partial charge >= 0.3 is 13.8 Å². The number of nitrogens with zero attached hydrogens (tertiary/aromatic N) is 1. The summed E-state index contributed by atoms with van der Waals surface area (Å²) in [4.78, 5) is 37.7. The van der Waals surface area contributed by atoms with E-state index in [1.54, 1.807) is 0 Å². The summed E-state index contributed by atoms with van der Waals surface area (Å²) < 4.78 is 30.7. The standard InChI is InChI=1S/C65H123N2O7P/c1-7-10-13-16-19-22-25-27-28-29-30-31-32-33-34-35-36-37-38-40-43-46-49-52-55-58-65(69)74-63(56-53-50-47-44-42-39-26-23-20-17-14-11-8-2)62(61-73-75(70,71)72-60-59-67(4,5)6)66-64(68)57-54-51-48-45-41-24-21-18-15-12-9-3/h18-19,21-22,27-28,53,56,62-63H,7-17,20,23-26,29-52,54-55,57-61H2,1-6H3,(H-,66,68,70,71)/p+1/b21-18-,22-19-,28-27-,56-53-. The van der Waals surface area contributed by atoms with E-state index in [4.69, 9.17) is 13.8 Å². The number of unbranched alkanes of at least 4 members (excludes halogenated alkanes) is 36. The minimum absolute atomic E-state index is 0.0396. The summed E-state index contributed by atoms with van der Waals surface area (Å²) in [5.74, 6) is -0.507. The minimum atomic E-state index is -4.45. The van der Waals surface area contributed by atoms with Crippen LogP contribution in [0.3, 0.4) is 0 Å². The first kappa shape index (κ1) is 73.0. The molecule has 440 valence electrons. The zero-order chi connectivity index (χ0) is 55.0. The molecule has 0 heterocycles. The highest BCUT2D eigenvalue weighted by molar-refractivity contribution is 7.47. The molecule has 75 heavy (non-hydrogen) atoms. The number of ether oxygens (including phenoxy) is 1. The third kappa shape index (κ3) is 56.5.